The summed E-state index contributed by atoms with van der Waals surface area (Å²) in [4.78, 5) is 0. The zero-order valence-corrected chi connectivity index (χ0v) is 10.9. The minimum Gasteiger partial charge on any atom is -0.212 e. The third kappa shape index (κ3) is 3.94. The van der Waals surface area contributed by atoms with Crippen molar-refractivity contribution >= 4 is 10.0 Å². The molecule has 0 spiro atoms. The van der Waals surface area contributed by atoms with E-state index >= 15 is 0 Å². The van der Waals surface area contributed by atoms with Gasteiger partial charge in [-0.25, -0.2) is 13.1 Å². The summed E-state index contributed by atoms with van der Waals surface area (Å²) in [5, 5.41) is 0. The summed E-state index contributed by atoms with van der Waals surface area (Å²) in [6.07, 6.45) is 0.641. The van der Waals surface area contributed by atoms with Gasteiger partial charge in [0.2, 0.25) is 10.0 Å². The molecule has 0 atom stereocenters. The molecule has 0 radical (unpaired) electrons. The summed E-state index contributed by atoms with van der Waals surface area (Å²) in [6, 6.07) is 6.03. The van der Waals surface area contributed by atoms with Crippen molar-refractivity contribution in [3.05, 3.63) is 34.9 Å². The van der Waals surface area contributed by atoms with Gasteiger partial charge in [0.1, 0.15) is 0 Å². The van der Waals surface area contributed by atoms with E-state index in [1.807, 2.05) is 32.9 Å². The smallest absolute Gasteiger partial charge is 0.211 e. The molecule has 0 bridgehead atoms. The Bertz CT molecular complexity index is 452. The topological polar surface area (TPSA) is 46.2 Å². The van der Waals surface area contributed by atoms with Crippen molar-refractivity contribution in [1.29, 1.82) is 0 Å². The van der Waals surface area contributed by atoms with E-state index in [4.69, 9.17) is 0 Å². The number of benzene rings is 1. The Labute approximate surface area is 97.9 Å². The van der Waals surface area contributed by atoms with Gasteiger partial charge in [0.15, 0.2) is 0 Å². The van der Waals surface area contributed by atoms with Crippen LogP contribution < -0.4 is 4.72 Å². The molecule has 3 nitrogen and oxygen atoms in total. The molecule has 0 heterocycles. The average Bonchev–Trinajstić information content (AvgIpc) is 2.16. The fraction of sp³-hybridized carbons (Fsp3) is 0.500. The molecule has 0 aliphatic rings. The van der Waals surface area contributed by atoms with Crippen molar-refractivity contribution in [2.75, 3.05) is 5.75 Å². The lowest BCUT2D eigenvalue weighted by molar-refractivity contribution is 0.580. The predicted molar refractivity (Wildman–Crippen MR) is 66.8 cm³/mol. The van der Waals surface area contributed by atoms with Crippen molar-refractivity contribution in [3.8, 4) is 0 Å². The van der Waals surface area contributed by atoms with Crippen molar-refractivity contribution in [3.63, 3.8) is 0 Å². The van der Waals surface area contributed by atoms with E-state index in [9.17, 15) is 8.42 Å². The maximum Gasteiger partial charge on any atom is 0.211 e. The molecular formula is C12H19NO2S. The number of aryl methyl sites for hydroxylation is 2. The first kappa shape index (κ1) is 13.2. The van der Waals surface area contributed by atoms with E-state index in [-0.39, 0.29) is 5.75 Å². The monoisotopic (exact) mass is 241 g/mol. The zero-order chi connectivity index (χ0) is 12.2. The first-order chi connectivity index (χ1) is 7.44. The molecule has 16 heavy (non-hydrogen) atoms. The maximum atomic E-state index is 11.5. The molecule has 0 fully saturated rings. The Hall–Kier alpha value is -0.870. The fourth-order valence-electron chi connectivity index (χ4n) is 1.57. The van der Waals surface area contributed by atoms with Crippen LogP contribution in [-0.2, 0) is 16.6 Å². The van der Waals surface area contributed by atoms with Crippen LogP contribution in [0.2, 0.25) is 0 Å². The summed E-state index contributed by atoms with van der Waals surface area (Å²) in [5.41, 5.74) is 3.35. The van der Waals surface area contributed by atoms with Crippen molar-refractivity contribution in [1.82, 2.24) is 4.72 Å². The van der Waals surface area contributed by atoms with Crippen LogP contribution in [0.3, 0.4) is 0 Å². The van der Waals surface area contributed by atoms with Gasteiger partial charge in [-0.2, -0.15) is 0 Å². The molecule has 1 rings (SSSR count). The summed E-state index contributed by atoms with van der Waals surface area (Å²) in [7, 11) is -3.11. The summed E-state index contributed by atoms with van der Waals surface area (Å²) < 4.78 is 25.6. The summed E-state index contributed by atoms with van der Waals surface area (Å²) >= 11 is 0. The van der Waals surface area contributed by atoms with Gasteiger partial charge in [-0.15, -0.1) is 0 Å². The zero-order valence-electron chi connectivity index (χ0n) is 10.1. The van der Waals surface area contributed by atoms with E-state index in [2.05, 4.69) is 10.8 Å². The second-order valence-electron chi connectivity index (χ2n) is 4.07. The molecular weight excluding hydrogens is 222 g/mol. The fourth-order valence-corrected chi connectivity index (χ4v) is 2.63. The molecule has 0 aliphatic heterocycles. The highest BCUT2D eigenvalue weighted by atomic mass is 32.2. The van der Waals surface area contributed by atoms with Crippen LogP contribution in [0.5, 0.6) is 0 Å². The van der Waals surface area contributed by atoms with Gasteiger partial charge in [0.25, 0.3) is 0 Å². The highest BCUT2D eigenvalue weighted by Gasteiger charge is 2.08. The van der Waals surface area contributed by atoms with Crippen LogP contribution in [0.4, 0.5) is 0 Å². The molecule has 0 saturated heterocycles. The van der Waals surface area contributed by atoms with Crippen molar-refractivity contribution in [2.24, 2.45) is 0 Å². The number of hydrogen-bond donors (Lipinski definition) is 1. The molecule has 90 valence electrons. The van der Waals surface area contributed by atoms with Gasteiger partial charge in [-0.3, -0.25) is 0 Å². The Balaban J connectivity index is 2.68. The third-order valence-corrected chi connectivity index (χ3v) is 3.98. The van der Waals surface area contributed by atoms with E-state index in [1.54, 1.807) is 0 Å². The number of rotatable bonds is 5. The van der Waals surface area contributed by atoms with Crippen LogP contribution in [0.1, 0.15) is 30.0 Å². The van der Waals surface area contributed by atoms with Gasteiger partial charge in [0.05, 0.1) is 5.75 Å². The molecule has 0 saturated carbocycles. The molecule has 1 N–H and O–H groups in total. The van der Waals surface area contributed by atoms with Gasteiger partial charge in [0, 0.05) is 6.54 Å². The number of nitrogens with one attached hydrogen (secondary N) is 1. The minimum atomic E-state index is -3.11. The van der Waals surface area contributed by atoms with E-state index < -0.39 is 10.0 Å². The van der Waals surface area contributed by atoms with E-state index in [1.165, 1.54) is 5.56 Å². The van der Waals surface area contributed by atoms with Gasteiger partial charge in [-0.05, 0) is 31.4 Å². The van der Waals surface area contributed by atoms with Crippen molar-refractivity contribution in [2.45, 2.75) is 33.7 Å². The second kappa shape index (κ2) is 5.46. The summed E-state index contributed by atoms with van der Waals surface area (Å²) in [6.45, 7) is 6.26. The third-order valence-electron chi connectivity index (χ3n) is 2.45. The normalized spacial score (nSPS) is 11.7. The van der Waals surface area contributed by atoms with Gasteiger partial charge >= 0.3 is 0 Å². The Morgan fingerprint density at radius 1 is 1.25 bits per heavy atom. The van der Waals surface area contributed by atoms with Crippen LogP contribution in [-0.4, -0.2) is 14.2 Å². The van der Waals surface area contributed by atoms with E-state index in [0.717, 1.165) is 11.1 Å². The first-order valence-electron chi connectivity index (χ1n) is 5.48. The molecule has 0 amide bonds. The number of hydrogen-bond acceptors (Lipinski definition) is 2. The molecule has 0 unspecified atom stereocenters. The molecule has 1 aromatic carbocycles. The van der Waals surface area contributed by atoms with Crippen LogP contribution in [0.25, 0.3) is 0 Å². The predicted octanol–water partition coefficient (Wildman–Crippen LogP) is 2.13. The minimum absolute atomic E-state index is 0.192. The van der Waals surface area contributed by atoms with Crippen LogP contribution in [0, 0.1) is 13.8 Å². The lowest BCUT2D eigenvalue weighted by Crippen LogP contribution is -2.25. The quantitative estimate of drug-likeness (QED) is 0.858. The highest BCUT2D eigenvalue weighted by Crippen LogP contribution is 2.10. The Morgan fingerprint density at radius 3 is 2.50 bits per heavy atom. The van der Waals surface area contributed by atoms with Crippen LogP contribution >= 0.6 is 0 Å². The highest BCUT2D eigenvalue weighted by molar-refractivity contribution is 7.89. The lowest BCUT2D eigenvalue weighted by atomic mass is 10.1. The number of sulfonamides is 1. The molecule has 0 aromatic heterocycles. The SMILES string of the molecule is CCCS(=O)(=O)NCc1ccc(C)cc1C. The average molecular weight is 241 g/mol. The maximum absolute atomic E-state index is 11.5. The largest absolute Gasteiger partial charge is 0.212 e. The lowest BCUT2D eigenvalue weighted by Gasteiger charge is -2.08. The molecule has 4 heteroatoms. The van der Waals surface area contributed by atoms with Gasteiger partial charge < -0.3 is 0 Å². The standard InChI is InChI=1S/C12H19NO2S/c1-4-7-16(14,15)13-9-12-6-5-10(2)8-11(12)3/h5-6,8,13H,4,7,9H2,1-3H3. The molecule has 0 aliphatic carbocycles. The van der Waals surface area contributed by atoms with Crippen molar-refractivity contribution < 1.29 is 8.42 Å². The Kier molecular flexibility index (Phi) is 4.50. The van der Waals surface area contributed by atoms with E-state index in [0.29, 0.717) is 13.0 Å². The van der Waals surface area contributed by atoms with Crippen LogP contribution in [0.15, 0.2) is 18.2 Å². The van der Waals surface area contributed by atoms with Gasteiger partial charge in [-0.1, -0.05) is 30.7 Å². The first-order valence-corrected chi connectivity index (χ1v) is 7.13. The molecule has 1 aromatic rings. The Morgan fingerprint density at radius 2 is 1.94 bits per heavy atom. The second-order valence-corrected chi connectivity index (χ2v) is 6.00. The summed E-state index contributed by atoms with van der Waals surface area (Å²) in [5.74, 6) is 0.192.